The van der Waals surface area contributed by atoms with Crippen LogP contribution in [-0.2, 0) is 13.0 Å². The van der Waals surface area contributed by atoms with E-state index in [0.717, 1.165) is 37.4 Å². The van der Waals surface area contributed by atoms with Gasteiger partial charge in [-0.05, 0) is 38.4 Å². The molecule has 1 aromatic rings. The van der Waals surface area contributed by atoms with Crippen LogP contribution in [0.2, 0.25) is 0 Å². The number of pyridine rings is 1. The Labute approximate surface area is 105 Å². The van der Waals surface area contributed by atoms with Gasteiger partial charge in [0.05, 0.1) is 6.10 Å². The van der Waals surface area contributed by atoms with Gasteiger partial charge in [-0.2, -0.15) is 0 Å². The van der Waals surface area contributed by atoms with E-state index in [4.69, 9.17) is 4.74 Å². The lowest BCUT2D eigenvalue weighted by Crippen LogP contribution is -2.13. The molecule has 0 aliphatic carbocycles. The van der Waals surface area contributed by atoms with Crippen molar-refractivity contribution in [3.05, 3.63) is 23.4 Å². The summed E-state index contributed by atoms with van der Waals surface area (Å²) in [5, 5.41) is 3.16. The van der Waals surface area contributed by atoms with E-state index >= 15 is 0 Å². The highest BCUT2D eigenvalue weighted by molar-refractivity contribution is 5.25. The van der Waals surface area contributed by atoms with E-state index in [1.54, 1.807) is 0 Å². The topological polar surface area (TPSA) is 34.1 Å². The third-order valence-corrected chi connectivity index (χ3v) is 2.67. The van der Waals surface area contributed by atoms with Gasteiger partial charge >= 0.3 is 0 Å². The second-order valence-corrected chi connectivity index (χ2v) is 4.41. The van der Waals surface area contributed by atoms with E-state index in [-0.39, 0.29) is 6.10 Å². The van der Waals surface area contributed by atoms with Crippen molar-refractivity contribution < 1.29 is 4.74 Å². The van der Waals surface area contributed by atoms with Gasteiger partial charge in [0.15, 0.2) is 0 Å². The number of hydrogen-bond donors (Lipinski definition) is 1. The Morgan fingerprint density at radius 3 is 2.71 bits per heavy atom. The van der Waals surface area contributed by atoms with Crippen LogP contribution in [0, 0.1) is 0 Å². The SMILES string of the molecule is CCCC(C)Oc1cc(CNC)cc(CC)n1. The van der Waals surface area contributed by atoms with Gasteiger partial charge in [0, 0.05) is 18.3 Å². The van der Waals surface area contributed by atoms with Crippen LogP contribution in [0.5, 0.6) is 5.88 Å². The van der Waals surface area contributed by atoms with Gasteiger partial charge in [-0.25, -0.2) is 4.98 Å². The largest absolute Gasteiger partial charge is 0.475 e. The normalized spacial score (nSPS) is 12.5. The highest BCUT2D eigenvalue weighted by Crippen LogP contribution is 2.16. The molecule has 0 radical (unpaired) electrons. The third kappa shape index (κ3) is 4.73. The first kappa shape index (κ1) is 14.0. The van der Waals surface area contributed by atoms with Crippen LogP contribution >= 0.6 is 0 Å². The Morgan fingerprint density at radius 1 is 1.35 bits per heavy atom. The summed E-state index contributed by atoms with van der Waals surface area (Å²) >= 11 is 0. The van der Waals surface area contributed by atoms with Gasteiger partial charge in [-0.3, -0.25) is 0 Å². The highest BCUT2D eigenvalue weighted by Gasteiger charge is 2.06. The van der Waals surface area contributed by atoms with Crippen LogP contribution in [0.15, 0.2) is 12.1 Å². The molecule has 0 saturated heterocycles. The minimum atomic E-state index is 0.238. The molecule has 0 fully saturated rings. The number of ether oxygens (including phenoxy) is 1. The van der Waals surface area contributed by atoms with Gasteiger partial charge < -0.3 is 10.1 Å². The summed E-state index contributed by atoms with van der Waals surface area (Å²) in [5.41, 5.74) is 2.33. The molecule has 1 atom stereocenters. The quantitative estimate of drug-likeness (QED) is 0.790. The second kappa shape index (κ2) is 7.28. The van der Waals surface area contributed by atoms with Crippen LogP contribution in [0.3, 0.4) is 0 Å². The summed E-state index contributed by atoms with van der Waals surface area (Å²) in [6.45, 7) is 7.24. The van der Waals surface area contributed by atoms with Gasteiger partial charge in [0.25, 0.3) is 0 Å². The van der Waals surface area contributed by atoms with Crippen molar-refractivity contribution in [2.45, 2.75) is 52.7 Å². The molecule has 1 heterocycles. The number of aromatic nitrogens is 1. The van der Waals surface area contributed by atoms with Crippen LogP contribution < -0.4 is 10.1 Å². The molecule has 1 unspecified atom stereocenters. The Bertz CT molecular complexity index is 339. The smallest absolute Gasteiger partial charge is 0.214 e. The molecule has 17 heavy (non-hydrogen) atoms. The first-order chi connectivity index (χ1) is 8.19. The molecule has 3 nitrogen and oxygen atoms in total. The van der Waals surface area contributed by atoms with Gasteiger partial charge in [-0.1, -0.05) is 20.3 Å². The Kier molecular flexibility index (Phi) is 5.98. The summed E-state index contributed by atoms with van der Waals surface area (Å²) in [5.74, 6) is 0.760. The molecule has 1 rings (SSSR count). The lowest BCUT2D eigenvalue weighted by atomic mass is 10.2. The van der Waals surface area contributed by atoms with Crippen LogP contribution in [0.25, 0.3) is 0 Å². The van der Waals surface area contributed by atoms with Gasteiger partial charge in [-0.15, -0.1) is 0 Å². The number of aryl methyl sites for hydroxylation is 1. The lowest BCUT2D eigenvalue weighted by molar-refractivity contribution is 0.201. The van der Waals surface area contributed by atoms with E-state index in [0.29, 0.717) is 0 Å². The average molecular weight is 236 g/mol. The molecule has 0 saturated carbocycles. The molecule has 3 heteroatoms. The van der Waals surface area contributed by atoms with Crippen molar-refractivity contribution in [1.29, 1.82) is 0 Å². The summed E-state index contributed by atoms with van der Waals surface area (Å²) in [6, 6.07) is 4.16. The number of nitrogens with zero attached hydrogens (tertiary/aromatic N) is 1. The van der Waals surface area contributed by atoms with Crippen LogP contribution in [0.1, 0.15) is 44.9 Å². The van der Waals surface area contributed by atoms with Crippen molar-refractivity contribution in [2.24, 2.45) is 0 Å². The minimum absolute atomic E-state index is 0.238. The average Bonchev–Trinajstić information content (AvgIpc) is 2.29. The molecule has 0 aromatic carbocycles. The predicted octanol–water partition coefficient (Wildman–Crippen LogP) is 2.93. The summed E-state index contributed by atoms with van der Waals surface area (Å²) in [6.07, 6.45) is 3.38. The zero-order valence-corrected chi connectivity index (χ0v) is 11.4. The van der Waals surface area contributed by atoms with Crippen molar-refractivity contribution in [3.8, 4) is 5.88 Å². The van der Waals surface area contributed by atoms with E-state index in [2.05, 4.69) is 37.1 Å². The van der Waals surface area contributed by atoms with Crippen molar-refractivity contribution in [1.82, 2.24) is 10.3 Å². The van der Waals surface area contributed by atoms with E-state index in [9.17, 15) is 0 Å². The Hall–Kier alpha value is -1.09. The zero-order chi connectivity index (χ0) is 12.7. The highest BCUT2D eigenvalue weighted by atomic mass is 16.5. The maximum absolute atomic E-state index is 5.85. The van der Waals surface area contributed by atoms with E-state index in [1.165, 1.54) is 5.56 Å². The fraction of sp³-hybridized carbons (Fsp3) is 0.643. The molecule has 0 bridgehead atoms. The fourth-order valence-corrected chi connectivity index (χ4v) is 1.84. The molecular weight excluding hydrogens is 212 g/mol. The fourth-order valence-electron chi connectivity index (χ4n) is 1.84. The standard InChI is InChI=1S/C14H24N2O/c1-5-7-11(3)17-14-9-12(10-15-4)8-13(6-2)16-14/h8-9,11,15H,5-7,10H2,1-4H3. The summed E-state index contributed by atoms with van der Waals surface area (Å²) < 4.78 is 5.85. The molecule has 0 aliphatic rings. The number of nitrogens with one attached hydrogen (secondary N) is 1. The molecule has 1 aromatic heterocycles. The first-order valence-corrected chi connectivity index (χ1v) is 6.50. The van der Waals surface area contributed by atoms with Crippen molar-refractivity contribution in [2.75, 3.05) is 7.05 Å². The predicted molar refractivity (Wildman–Crippen MR) is 71.4 cm³/mol. The third-order valence-electron chi connectivity index (χ3n) is 2.67. The van der Waals surface area contributed by atoms with E-state index in [1.807, 2.05) is 13.1 Å². The minimum Gasteiger partial charge on any atom is -0.475 e. The molecule has 96 valence electrons. The lowest BCUT2D eigenvalue weighted by Gasteiger charge is -2.14. The Balaban J connectivity index is 2.79. The van der Waals surface area contributed by atoms with Crippen molar-refractivity contribution >= 4 is 0 Å². The van der Waals surface area contributed by atoms with Crippen molar-refractivity contribution in [3.63, 3.8) is 0 Å². The summed E-state index contributed by atoms with van der Waals surface area (Å²) in [4.78, 5) is 4.51. The number of hydrogen-bond acceptors (Lipinski definition) is 3. The van der Waals surface area contributed by atoms with Gasteiger partial charge in [0.1, 0.15) is 0 Å². The second-order valence-electron chi connectivity index (χ2n) is 4.41. The molecular formula is C14H24N2O. The molecule has 1 N–H and O–H groups in total. The maximum Gasteiger partial charge on any atom is 0.214 e. The Morgan fingerprint density at radius 2 is 2.12 bits per heavy atom. The molecule has 0 aliphatic heterocycles. The number of rotatable bonds is 7. The van der Waals surface area contributed by atoms with Crippen LogP contribution in [0.4, 0.5) is 0 Å². The van der Waals surface area contributed by atoms with Crippen LogP contribution in [-0.4, -0.2) is 18.1 Å². The van der Waals surface area contributed by atoms with E-state index < -0.39 is 0 Å². The molecule has 0 spiro atoms. The van der Waals surface area contributed by atoms with Gasteiger partial charge in [0.2, 0.25) is 5.88 Å². The zero-order valence-electron chi connectivity index (χ0n) is 11.4. The summed E-state index contributed by atoms with van der Waals surface area (Å²) in [7, 11) is 1.95. The maximum atomic E-state index is 5.85. The molecule has 0 amide bonds. The monoisotopic (exact) mass is 236 g/mol. The first-order valence-electron chi connectivity index (χ1n) is 6.50.